The molecule has 0 aromatic rings. The van der Waals surface area contributed by atoms with E-state index in [2.05, 4.69) is 55.4 Å². The molecule has 19 heavy (non-hydrogen) atoms. The Morgan fingerprint density at radius 3 is 0.474 bits per heavy atom. The van der Waals surface area contributed by atoms with Gasteiger partial charge in [0.2, 0.25) is 0 Å². The Bertz CT molecular complexity index is 121. The van der Waals surface area contributed by atoms with Gasteiger partial charge in [-0.05, 0) is 55.4 Å². The molecular weight excluding hydrogens is 406 g/mol. The molecule has 0 unspecified atom stereocenters. The summed E-state index contributed by atoms with van der Waals surface area (Å²) in [4.78, 5) is 0. The fourth-order valence-corrected chi connectivity index (χ4v) is 2.68. The maximum absolute atomic E-state index is 2.27. The minimum absolute atomic E-state index is 0. The minimum atomic E-state index is 0. The molecule has 0 bridgehead atoms. The van der Waals surface area contributed by atoms with E-state index in [-0.39, 0.29) is 20.4 Å². The van der Waals surface area contributed by atoms with Crippen molar-refractivity contribution >= 4 is 0 Å². The van der Waals surface area contributed by atoms with Crippen LogP contribution in [-0.2, 0) is 20.4 Å². The van der Waals surface area contributed by atoms with Gasteiger partial charge in [-0.1, -0.05) is 0 Å². The van der Waals surface area contributed by atoms with Crippen LogP contribution < -0.4 is 0 Å². The van der Waals surface area contributed by atoms with Crippen molar-refractivity contribution in [3.63, 3.8) is 0 Å². The molecule has 0 rings (SSSR count). The van der Waals surface area contributed by atoms with E-state index in [1.54, 1.807) is 0 Å². The van der Waals surface area contributed by atoms with Gasteiger partial charge in [0.05, 0.1) is 52.4 Å². The molecule has 2 nitrogen and oxygen atoms in total. The molecule has 0 N–H and O–H groups in total. The van der Waals surface area contributed by atoms with Gasteiger partial charge in [0.15, 0.2) is 0 Å². The summed E-state index contributed by atoms with van der Waals surface area (Å²) in [5, 5.41) is 0. The first-order chi connectivity index (χ1) is 8.49. The maximum atomic E-state index is 2.27. The third kappa shape index (κ3) is 8.46. The summed E-state index contributed by atoms with van der Waals surface area (Å²) in [5.41, 5.74) is 0. The van der Waals surface area contributed by atoms with Crippen molar-refractivity contribution in [1.29, 1.82) is 0 Å². The third-order valence-corrected chi connectivity index (χ3v) is 5.37. The zero-order chi connectivity index (χ0) is 14.7. The quantitative estimate of drug-likeness (QED) is 0.493. The Kier molecular flexibility index (Phi) is 17.6. The molecule has 0 aliphatic carbocycles. The van der Waals surface area contributed by atoms with Crippen LogP contribution in [0.5, 0.6) is 0 Å². The summed E-state index contributed by atoms with van der Waals surface area (Å²) >= 11 is 0. The van der Waals surface area contributed by atoms with Gasteiger partial charge in [-0.15, -0.1) is 0 Å². The second kappa shape index (κ2) is 13.6. The van der Waals surface area contributed by atoms with Crippen LogP contribution in [0.1, 0.15) is 55.4 Å². The normalized spacial score (nSPS) is 11.4. The molecule has 0 saturated carbocycles. The molecule has 0 spiro atoms. The van der Waals surface area contributed by atoms with Gasteiger partial charge in [-0.25, -0.2) is 0 Å². The van der Waals surface area contributed by atoms with E-state index in [9.17, 15) is 0 Å². The molecule has 0 aromatic heterocycles. The molecule has 0 aliphatic rings. The molecule has 0 fully saturated rings. The predicted molar refractivity (Wildman–Crippen MR) is 94.6 cm³/mol. The van der Waals surface area contributed by atoms with Crippen LogP contribution in [0.3, 0.4) is 0 Å². The Balaban J connectivity index is -0.000000256. The van der Waals surface area contributed by atoms with Gasteiger partial charge < -0.3 is 8.97 Å². The average Bonchev–Trinajstić information content (AvgIpc) is 2.46. The SMILES string of the molecule is CC[N+](CC)(CC)CC.CC[N+](CC)(CC)CC.[ReH7]. The van der Waals surface area contributed by atoms with Crippen LogP contribution in [0.15, 0.2) is 0 Å². The zero-order valence-corrected chi connectivity index (χ0v) is 14.6. The van der Waals surface area contributed by atoms with Crippen molar-refractivity contribution < 1.29 is 29.4 Å². The van der Waals surface area contributed by atoms with Crippen LogP contribution in [0.4, 0.5) is 0 Å². The second-order valence-corrected chi connectivity index (χ2v) is 5.21. The van der Waals surface area contributed by atoms with Crippen molar-refractivity contribution in [2.24, 2.45) is 0 Å². The van der Waals surface area contributed by atoms with E-state index in [1.807, 2.05) is 0 Å². The van der Waals surface area contributed by atoms with Crippen molar-refractivity contribution in [2.75, 3.05) is 52.4 Å². The molecule has 0 saturated heterocycles. The van der Waals surface area contributed by atoms with Crippen molar-refractivity contribution in [1.82, 2.24) is 0 Å². The van der Waals surface area contributed by atoms with Gasteiger partial charge in [0, 0.05) is 0 Å². The van der Waals surface area contributed by atoms with Crippen LogP contribution in [-0.4, -0.2) is 61.3 Å². The topological polar surface area (TPSA) is 0 Å². The first kappa shape index (κ1) is 24.6. The molecule has 126 valence electrons. The molecule has 3 heteroatoms. The van der Waals surface area contributed by atoms with Gasteiger partial charge in [-0.3, -0.25) is 0 Å². The van der Waals surface area contributed by atoms with Crippen molar-refractivity contribution in [3.8, 4) is 0 Å². The average molecular weight is 454 g/mol. The van der Waals surface area contributed by atoms with Crippen LogP contribution in [0.2, 0.25) is 0 Å². The molecule has 0 aliphatic heterocycles. The fourth-order valence-electron chi connectivity index (χ4n) is 2.68. The second-order valence-electron chi connectivity index (χ2n) is 5.21. The van der Waals surface area contributed by atoms with E-state index in [1.165, 1.54) is 61.3 Å². The molecule has 0 atom stereocenters. The summed E-state index contributed by atoms with van der Waals surface area (Å²) in [6, 6.07) is 0. The first-order valence-corrected chi connectivity index (χ1v) is 8.19. The monoisotopic (exact) mass is 454 g/mol. The predicted octanol–water partition coefficient (Wildman–Crippen LogP) is 1.89. The number of hydrogen-bond donors (Lipinski definition) is 0. The third-order valence-electron chi connectivity index (χ3n) is 5.37. The summed E-state index contributed by atoms with van der Waals surface area (Å²) in [6.45, 7) is 28.4. The molecule has 1 radical (unpaired) electrons. The standard InChI is InChI=1S/2C8H20N.Re.7H/c2*1-5-9(6-2,7-3)8-4;;;;;;;;/h2*5-8H2,1-4H3;;;;;;;;/q2*+1;;;;;;;;. The summed E-state index contributed by atoms with van der Waals surface area (Å²) in [6.07, 6.45) is 0. The van der Waals surface area contributed by atoms with Crippen LogP contribution in [0.25, 0.3) is 0 Å². The van der Waals surface area contributed by atoms with E-state index in [0.717, 1.165) is 0 Å². The number of rotatable bonds is 8. The van der Waals surface area contributed by atoms with Crippen LogP contribution >= 0.6 is 0 Å². The number of quaternary nitrogens is 2. The summed E-state index contributed by atoms with van der Waals surface area (Å²) in [5.74, 6) is 0. The Hall–Kier alpha value is 0.582. The van der Waals surface area contributed by atoms with E-state index in [4.69, 9.17) is 0 Å². The summed E-state index contributed by atoms with van der Waals surface area (Å²) < 4.78 is 2.56. The number of hydrogen-bond acceptors (Lipinski definition) is 0. The molecule has 0 heterocycles. The Morgan fingerprint density at radius 1 is 0.368 bits per heavy atom. The van der Waals surface area contributed by atoms with E-state index < -0.39 is 0 Å². The molecular formula is C16H47N2Re+2. The Morgan fingerprint density at radius 2 is 0.474 bits per heavy atom. The van der Waals surface area contributed by atoms with Gasteiger partial charge >= 0.3 is 20.4 Å². The van der Waals surface area contributed by atoms with E-state index in [0.29, 0.717) is 0 Å². The number of nitrogens with zero attached hydrogens (tertiary/aromatic N) is 2. The van der Waals surface area contributed by atoms with Gasteiger partial charge in [-0.2, -0.15) is 0 Å². The van der Waals surface area contributed by atoms with Crippen molar-refractivity contribution in [3.05, 3.63) is 0 Å². The van der Waals surface area contributed by atoms with Gasteiger partial charge in [0.25, 0.3) is 0 Å². The molecule has 0 amide bonds. The zero-order valence-electron chi connectivity index (χ0n) is 14.6. The first-order valence-electron chi connectivity index (χ1n) is 8.19. The van der Waals surface area contributed by atoms with E-state index >= 15 is 0 Å². The molecule has 0 aromatic carbocycles. The van der Waals surface area contributed by atoms with Gasteiger partial charge in [0.1, 0.15) is 0 Å². The summed E-state index contributed by atoms with van der Waals surface area (Å²) in [7, 11) is 0. The van der Waals surface area contributed by atoms with Crippen molar-refractivity contribution in [2.45, 2.75) is 55.4 Å². The van der Waals surface area contributed by atoms with Crippen LogP contribution in [0, 0.1) is 0 Å². The fraction of sp³-hybridized carbons (Fsp3) is 1.00. The Labute approximate surface area is 137 Å².